The number of hydrogen-bond donors (Lipinski definition) is 5. The van der Waals surface area contributed by atoms with Gasteiger partial charge < -0.3 is 26.0 Å². The van der Waals surface area contributed by atoms with Crippen LogP contribution < -0.4 is 21.3 Å². The molecule has 0 aliphatic carbocycles. The monoisotopic (exact) mass is 557 g/mol. The molecule has 0 unspecified atom stereocenters. The summed E-state index contributed by atoms with van der Waals surface area (Å²) in [6.07, 6.45) is 2.98. The first kappa shape index (κ1) is 30.7. The molecule has 0 saturated carbocycles. The summed E-state index contributed by atoms with van der Waals surface area (Å²) in [6.45, 7) is 4.11. The van der Waals surface area contributed by atoms with Crippen LogP contribution in [0.1, 0.15) is 57.9 Å². The largest absolute Gasteiger partial charge is 0.480 e. The average molecular weight is 558 g/mol. The standard InChI is InChI=1S/C28H39N5O7/c1-3-4-11-19(31-26(37)23-22(34)13-14-29-23)24(35)32-20(16-18-9-6-5-7-10-18)25(36)30-17(2)27(38)33-15-8-12-21(33)28(39)40/h5-7,9-10,17,19-21,23,29H,3-4,8,11-16H2,1-2H3,(H,30,36)(H,31,37)(H,32,35)(H,39,40)/t17-,19-,20-,21+,23+/m0/s1. The van der Waals surface area contributed by atoms with E-state index in [1.807, 2.05) is 13.0 Å². The van der Waals surface area contributed by atoms with Crippen LogP contribution in [0, 0.1) is 0 Å². The maximum Gasteiger partial charge on any atom is 0.326 e. The van der Waals surface area contributed by atoms with Gasteiger partial charge in [0.05, 0.1) is 0 Å². The summed E-state index contributed by atoms with van der Waals surface area (Å²) in [5.74, 6) is -3.61. The molecule has 5 atom stereocenters. The van der Waals surface area contributed by atoms with Crippen molar-refractivity contribution in [2.24, 2.45) is 0 Å². The summed E-state index contributed by atoms with van der Waals surface area (Å²) in [5, 5.41) is 20.3. The van der Waals surface area contributed by atoms with E-state index in [0.717, 1.165) is 12.0 Å². The lowest BCUT2D eigenvalue weighted by Gasteiger charge is -2.28. The number of nitrogens with one attached hydrogen (secondary N) is 4. The van der Waals surface area contributed by atoms with Gasteiger partial charge in [-0.1, -0.05) is 50.1 Å². The van der Waals surface area contributed by atoms with Crippen molar-refractivity contribution in [2.45, 2.75) is 89.0 Å². The number of unbranched alkanes of at least 4 members (excludes halogenated alkanes) is 1. The Morgan fingerprint density at radius 2 is 1.75 bits per heavy atom. The quantitative estimate of drug-likeness (QED) is 0.209. The molecular formula is C28H39N5O7. The van der Waals surface area contributed by atoms with Crippen molar-refractivity contribution in [3.8, 4) is 0 Å². The van der Waals surface area contributed by atoms with E-state index in [2.05, 4.69) is 21.3 Å². The molecule has 218 valence electrons. The van der Waals surface area contributed by atoms with Gasteiger partial charge in [0.25, 0.3) is 0 Å². The van der Waals surface area contributed by atoms with Gasteiger partial charge in [0.1, 0.15) is 30.2 Å². The van der Waals surface area contributed by atoms with Crippen molar-refractivity contribution in [2.75, 3.05) is 13.1 Å². The molecule has 0 spiro atoms. The molecule has 40 heavy (non-hydrogen) atoms. The Hall–Kier alpha value is -3.80. The van der Waals surface area contributed by atoms with Gasteiger partial charge in [0.2, 0.25) is 23.6 Å². The molecule has 2 aliphatic heterocycles. The van der Waals surface area contributed by atoms with E-state index in [-0.39, 0.29) is 25.2 Å². The highest BCUT2D eigenvalue weighted by Gasteiger charge is 2.37. The first-order valence-electron chi connectivity index (χ1n) is 13.9. The first-order chi connectivity index (χ1) is 19.1. The van der Waals surface area contributed by atoms with Crippen molar-refractivity contribution in [1.29, 1.82) is 0 Å². The highest BCUT2D eigenvalue weighted by molar-refractivity contribution is 6.08. The van der Waals surface area contributed by atoms with Crippen molar-refractivity contribution < 1.29 is 33.9 Å². The van der Waals surface area contributed by atoms with E-state index in [1.54, 1.807) is 24.3 Å². The van der Waals surface area contributed by atoms with Crippen LogP contribution >= 0.6 is 0 Å². The zero-order valence-corrected chi connectivity index (χ0v) is 23.0. The number of ketones is 1. The first-order valence-corrected chi connectivity index (χ1v) is 13.9. The van der Waals surface area contributed by atoms with Crippen LogP contribution in [0.4, 0.5) is 0 Å². The lowest BCUT2D eigenvalue weighted by Crippen LogP contribution is -2.58. The molecule has 12 heteroatoms. The second-order valence-corrected chi connectivity index (χ2v) is 10.3. The summed E-state index contributed by atoms with van der Waals surface area (Å²) in [4.78, 5) is 77.3. The minimum absolute atomic E-state index is 0.123. The Morgan fingerprint density at radius 1 is 1.05 bits per heavy atom. The van der Waals surface area contributed by atoms with Crippen LogP contribution in [-0.2, 0) is 35.2 Å². The molecule has 0 radical (unpaired) electrons. The molecule has 12 nitrogen and oxygen atoms in total. The van der Waals surface area contributed by atoms with Crippen LogP contribution in [-0.4, -0.2) is 88.7 Å². The molecule has 2 saturated heterocycles. The van der Waals surface area contributed by atoms with Crippen molar-refractivity contribution >= 4 is 35.4 Å². The number of carbonyl (C=O) groups is 6. The van der Waals surface area contributed by atoms with E-state index in [4.69, 9.17) is 0 Å². The molecule has 0 aromatic heterocycles. The number of carboxylic acid groups (broad SMARTS) is 1. The Morgan fingerprint density at radius 3 is 2.38 bits per heavy atom. The number of Topliss-reactive ketones (excluding diaryl/α,β-unsaturated/α-hetero) is 1. The molecular weight excluding hydrogens is 518 g/mol. The van der Waals surface area contributed by atoms with Crippen LogP contribution in [0.25, 0.3) is 0 Å². The third-order valence-corrected chi connectivity index (χ3v) is 7.25. The second kappa shape index (κ2) is 14.5. The zero-order valence-electron chi connectivity index (χ0n) is 23.0. The third kappa shape index (κ3) is 8.10. The molecule has 0 bridgehead atoms. The number of amides is 4. The van der Waals surface area contributed by atoms with Gasteiger partial charge in [-0.15, -0.1) is 0 Å². The Labute approximate surface area is 233 Å². The summed E-state index contributed by atoms with van der Waals surface area (Å²) >= 11 is 0. The lowest BCUT2D eigenvalue weighted by molar-refractivity contribution is -0.149. The second-order valence-electron chi connectivity index (χ2n) is 10.3. The molecule has 4 amide bonds. The SMILES string of the molecule is CCCC[C@H](NC(=O)[C@@H]1NCCC1=O)C(=O)N[C@@H](Cc1ccccc1)C(=O)N[C@@H](C)C(=O)N1CCC[C@@H]1C(=O)O. The number of aliphatic carboxylic acids is 1. The fourth-order valence-electron chi connectivity index (χ4n) is 5.01. The summed E-state index contributed by atoms with van der Waals surface area (Å²) in [6, 6.07) is 4.02. The van der Waals surface area contributed by atoms with Crippen molar-refractivity contribution in [1.82, 2.24) is 26.2 Å². The highest BCUT2D eigenvalue weighted by Crippen LogP contribution is 2.18. The van der Waals surface area contributed by atoms with Gasteiger partial charge in [-0.3, -0.25) is 29.3 Å². The predicted octanol–water partition coefficient (Wildman–Crippen LogP) is -0.0998. The van der Waals surface area contributed by atoms with E-state index in [0.29, 0.717) is 32.2 Å². The van der Waals surface area contributed by atoms with E-state index < -0.39 is 59.8 Å². The van der Waals surface area contributed by atoms with Gasteiger partial charge in [-0.25, -0.2) is 4.79 Å². The zero-order chi connectivity index (χ0) is 29.2. The van der Waals surface area contributed by atoms with E-state index in [9.17, 15) is 33.9 Å². The normalized spacial score (nSPS) is 20.9. The van der Waals surface area contributed by atoms with Crippen LogP contribution in [0.3, 0.4) is 0 Å². The maximum absolute atomic E-state index is 13.4. The summed E-state index contributed by atoms with van der Waals surface area (Å²) in [7, 11) is 0. The number of likely N-dealkylation sites (tertiary alicyclic amines) is 1. The molecule has 2 fully saturated rings. The molecule has 2 heterocycles. The number of rotatable bonds is 13. The smallest absolute Gasteiger partial charge is 0.326 e. The number of hydrogen-bond acceptors (Lipinski definition) is 7. The Kier molecular flexibility index (Phi) is 11.2. The molecule has 1 aromatic carbocycles. The average Bonchev–Trinajstić information content (AvgIpc) is 3.60. The highest BCUT2D eigenvalue weighted by atomic mass is 16.4. The minimum atomic E-state index is -1.09. The van der Waals surface area contributed by atoms with Crippen LogP contribution in [0.5, 0.6) is 0 Å². The van der Waals surface area contributed by atoms with Crippen LogP contribution in [0.2, 0.25) is 0 Å². The summed E-state index contributed by atoms with van der Waals surface area (Å²) < 4.78 is 0. The lowest BCUT2D eigenvalue weighted by atomic mass is 10.0. The summed E-state index contributed by atoms with van der Waals surface area (Å²) in [5.41, 5.74) is 0.766. The van der Waals surface area contributed by atoms with E-state index in [1.165, 1.54) is 11.8 Å². The van der Waals surface area contributed by atoms with Crippen molar-refractivity contribution in [3.63, 3.8) is 0 Å². The molecule has 3 rings (SSSR count). The van der Waals surface area contributed by atoms with Crippen molar-refractivity contribution in [3.05, 3.63) is 35.9 Å². The molecule has 2 aliphatic rings. The van der Waals surface area contributed by atoms with E-state index >= 15 is 0 Å². The Balaban J connectivity index is 1.73. The van der Waals surface area contributed by atoms with Gasteiger partial charge >= 0.3 is 5.97 Å². The number of carbonyl (C=O) groups excluding carboxylic acids is 5. The van der Waals surface area contributed by atoms with Gasteiger partial charge in [0, 0.05) is 25.9 Å². The fourth-order valence-corrected chi connectivity index (χ4v) is 5.01. The molecule has 1 aromatic rings. The predicted molar refractivity (Wildman–Crippen MR) is 145 cm³/mol. The number of benzene rings is 1. The van der Waals surface area contributed by atoms with Crippen LogP contribution in [0.15, 0.2) is 30.3 Å². The number of nitrogens with zero attached hydrogens (tertiary/aromatic N) is 1. The minimum Gasteiger partial charge on any atom is -0.480 e. The van der Waals surface area contributed by atoms with Gasteiger partial charge in [0.15, 0.2) is 5.78 Å². The number of carboxylic acids is 1. The molecule has 5 N–H and O–H groups in total. The fraction of sp³-hybridized carbons (Fsp3) is 0.571. The topological polar surface area (TPSA) is 174 Å². The Bertz CT molecular complexity index is 1100. The van der Waals surface area contributed by atoms with Gasteiger partial charge in [-0.2, -0.15) is 0 Å². The van der Waals surface area contributed by atoms with Gasteiger partial charge in [-0.05, 0) is 31.7 Å². The third-order valence-electron chi connectivity index (χ3n) is 7.25. The maximum atomic E-state index is 13.4.